The van der Waals surface area contributed by atoms with Crippen LogP contribution in [0.15, 0.2) is 40.2 Å². The van der Waals surface area contributed by atoms with Crippen molar-refractivity contribution in [2.75, 3.05) is 37.7 Å². The molecule has 1 fully saturated rings. The second-order valence-corrected chi connectivity index (χ2v) is 11.7. The van der Waals surface area contributed by atoms with E-state index in [1.54, 1.807) is 44.2 Å². The Kier molecular flexibility index (Phi) is 8.54. The minimum absolute atomic E-state index is 0. The summed E-state index contributed by atoms with van der Waals surface area (Å²) >= 11 is 0. The molecule has 27 heavy (non-hydrogen) atoms. The highest BCUT2D eigenvalue weighted by Gasteiger charge is 2.40. The molecule has 0 bridgehead atoms. The monoisotopic (exact) mass is 529 g/mol. The second kappa shape index (κ2) is 9.55. The number of aliphatic imine (C=N–C) groups is 1. The van der Waals surface area contributed by atoms with Crippen molar-refractivity contribution in [1.82, 2.24) is 10.2 Å². The smallest absolute Gasteiger partial charge is 0.194 e. The maximum absolute atomic E-state index is 12.4. The fourth-order valence-corrected chi connectivity index (χ4v) is 5.27. The largest absolute Gasteiger partial charge is 0.357 e. The molecule has 1 aromatic rings. The average molecular weight is 529 g/mol. The molecule has 7 nitrogen and oxygen atoms in total. The SMILES string of the molecule is CCNC(=NCCS(=O)(=O)c1ccccc1)N1CCS(=O)(=O)C(C)(C)C1.I. The number of hydrogen-bond acceptors (Lipinski definition) is 5. The predicted molar refractivity (Wildman–Crippen MR) is 119 cm³/mol. The third-order valence-corrected chi connectivity index (χ3v) is 8.65. The van der Waals surface area contributed by atoms with E-state index in [-0.39, 0.29) is 46.9 Å². The highest BCUT2D eigenvalue weighted by atomic mass is 127. The van der Waals surface area contributed by atoms with E-state index in [2.05, 4.69) is 10.3 Å². The van der Waals surface area contributed by atoms with Crippen molar-refractivity contribution >= 4 is 49.6 Å². The zero-order chi connectivity index (χ0) is 19.4. The van der Waals surface area contributed by atoms with Crippen LogP contribution in [0.2, 0.25) is 0 Å². The van der Waals surface area contributed by atoms with Crippen LogP contribution in [0.3, 0.4) is 0 Å². The molecule has 0 saturated carbocycles. The van der Waals surface area contributed by atoms with E-state index in [0.29, 0.717) is 25.6 Å². The first-order chi connectivity index (χ1) is 12.1. The molecule has 0 aliphatic carbocycles. The van der Waals surface area contributed by atoms with Crippen molar-refractivity contribution in [2.24, 2.45) is 4.99 Å². The average Bonchev–Trinajstić information content (AvgIpc) is 2.57. The van der Waals surface area contributed by atoms with Crippen LogP contribution < -0.4 is 5.32 Å². The Morgan fingerprint density at radius 1 is 1.26 bits per heavy atom. The van der Waals surface area contributed by atoms with Crippen LogP contribution in [0.25, 0.3) is 0 Å². The predicted octanol–water partition coefficient (Wildman–Crippen LogP) is 1.55. The third kappa shape index (κ3) is 6.05. The van der Waals surface area contributed by atoms with Crippen LogP contribution in [0.4, 0.5) is 0 Å². The number of guanidine groups is 1. The summed E-state index contributed by atoms with van der Waals surface area (Å²) in [5, 5.41) is 3.13. The minimum Gasteiger partial charge on any atom is -0.357 e. The van der Waals surface area contributed by atoms with E-state index in [1.165, 1.54) is 0 Å². The van der Waals surface area contributed by atoms with Crippen LogP contribution in [0.5, 0.6) is 0 Å². The maximum atomic E-state index is 12.4. The first-order valence-electron chi connectivity index (χ1n) is 8.62. The lowest BCUT2D eigenvalue weighted by atomic mass is 10.2. The second-order valence-electron chi connectivity index (χ2n) is 6.87. The van der Waals surface area contributed by atoms with E-state index in [0.717, 1.165) is 0 Å². The van der Waals surface area contributed by atoms with E-state index >= 15 is 0 Å². The first kappa shape index (κ1) is 24.2. The molecule has 1 N–H and O–H groups in total. The zero-order valence-corrected chi connectivity index (χ0v) is 19.8. The number of nitrogens with one attached hydrogen (secondary N) is 1. The van der Waals surface area contributed by atoms with Gasteiger partial charge in [0, 0.05) is 19.6 Å². The van der Waals surface area contributed by atoms with Gasteiger partial charge in [-0.05, 0) is 32.9 Å². The fourth-order valence-electron chi connectivity index (χ4n) is 2.77. The van der Waals surface area contributed by atoms with Gasteiger partial charge in [0.1, 0.15) is 0 Å². The molecule has 1 aliphatic heterocycles. The summed E-state index contributed by atoms with van der Waals surface area (Å²) in [5.41, 5.74) is 0. The molecule has 1 aromatic carbocycles. The molecule has 0 spiro atoms. The van der Waals surface area contributed by atoms with Gasteiger partial charge >= 0.3 is 0 Å². The molecular weight excluding hydrogens is 501 g/mol. The van der Waals surface area contributed by atoms with Crippen LogP contribution in [0, 0.1) is 0 Å². The van der Waals surface area contributed by atoms with Crippen molar-refractivity contribution in [1.29, 1.82) is 0 Å². The maximum Gasteiger partial charge on any atom is 0.194 e. The Balaban J connectivity index is 0.00000364. The van der Waals surface area contributed by atoms with Crippen molar-refractivity contribution in [3.63, 3.8) is 0 Å². The van der Waals surface area contributed by atoms with E-state index in [1.807, 2.05) is 11.8 Å². The van der Waals surface area contributed by atoms with E-state index in [4.69, 9.17) is 0 Å². The Morgan fingerprint density at radius 2 is 1.89 bits per heavy atom. The Hall–Kier alpha value is -0.880. The molecule has 1 heterocycles. The summed E-state index contributed by atoms with van der Waals surface area (Å²) in [6.07, 6.45) is 0. The summed E-state index contributed by atoms with van der Waals surface area (Å²) < 4.78 is 48.2. The number of hydrogen-bond donors (Lipinski definition) is 1. The van der Waals surface area contributed by atoms with Crippen LogP contribution in [-0.2, 0) is 19.7 Å². The van der Waals surface area contributed by atoms with Gasteiger partial charge in [-0.15, -0.1) is 24.0 Å². The zero-order valence-electron chi connectivity index (χ0n) is 15.9. The first-order valence-corrected chi connectivity index (χ1v) is 11.9. The lowest BCUT2D eigenvalue weighted by Gasteiger charge is -2.39. The third-order valence-electron chi connectivity index (χ3n) is 4.40. The summed E-state index contributed by atoms with van der Waals surface area (Å²) in [6.45, 7) is 6.74. The van der Waals surface area contributed by atoms with Gasteiger partial charge in [-0.2, -0.15) is 0 Å². The molecule has 0 amide bonds. The molecule has 10 heteroatoms. The molecule has 0 atom stereocenters. The lowest BCUT2D eigenvalue weighted by Crippen LogP contribution is -2.57. The summed E-state index contributed by atoms with van der Waals surface area (Å²) in [5.74, 6) is 0.521. The summed E-state index contributed by atoms with van der Waals surface area (Å²) in [6, 6.07) is 8.30. The Morgan fingerprint density at radius 3 is 2.44 bits per heavy atom. The van der Waals surface area contributed by atoms with Gasteiger partial charge in [0.05, 0.1) is 27.7 Å². The van der Waals surface area contributed by atoms with Crippen molar-refractivity contribution in [2.45, 2.75) is 30.4 Å². The Bertz CT molecular complexity index is 853. The van der Waals surface area contributed by atoms with Gasteiger partial charge in [-0.25, -0.2) is 16.8 Å². The number of benzene rings is 1. The molecule has 2 rings (SSSR count). The molecule has 154 valence electrons. The van der Waals surface area contributed by atoms with Gasteiger partial charge in [-0.3, -0.25) is 4.99 Å². The normalized spacial score (nSPS) is 19.2. The molecule has 1 saturated heterocycles. The standard InChI is InChI=1S/C17H27N3O4S2.HI/c1-4-18-16(20-11-13-26(23,24)17(2,3)14-20)19-10-12-25(21,22)15-8-6-5-7-9-15;/h5-9H,4,10-14H2,1-3H3,(H,18,19);1H. The number of rotatable bonds is 5. The van der Waals surface area contributed by atoms with Gasteiger partial charge in [0.15, 0.2) is 25.6 Å². The molecule has 0 aromatic heterocycles. The fraction of sp³-hybridized carbons (Fsp3) is 0.588. The van der Waals surface area contributed by atoms with E-state index in [9.17, 15) is 16.8 Å². The number of sulfone groups is 2. The van der Waals surface area contributed by atoms with Crippen molar-refractivity contribution in [3.05, 3.63) is 30.3 Å². The van der Waals surface area contributed by atoms with Gasteiger partial charge in [0.25, 0.3) is 0 Å². The Labute approximate surface area is 179 Å². The van der Waals surface area contributed by atoms with Crippen molar-refractivity contribution < 1.29 is 16.8 Å². The topological polar surface area (TPSA) is 95.9 Å². The minimum atomic E-state index is -3.39. The van der Waals surface area contributed by atoms with Crippen LogP contribution >= 0.6 is 24.0 Å². The van der Waals surface area contributed by atoms with Crippen LogP contribution in [0.1, 0.15) is 20.8 Å². The summed E-state index contributed by atoms with van der Waals surface area (Å²) in [7, 11) is -6.53. The molecular formula is C17H28IN3O4S2. The highest BCUT2D eigenvalue weighted by molar-refractivity contribution is 14.0. The van der Waals surface area contributed by atoms with Gasteiger partial charge in [0.2, 0.25) is 0 Å². The highest BCUT2D eigenvalue weighted by Crippen LogP contribution is 2.23. The van der Waals surface area contributed by atoms with Gasteiger partial charge < -0.3 is 10.2 Å². The number of nitrogens with zero attached hydrogens (tertiary/aromatic N) is 2. The lowest BCUT2D eigenvalue weighted by molar-refractivity contribution is 0.353. The van der Waals surface area contributed by atoms with Crippen LogP contribution in [-0.4, -0.2) is 70.1 Å². The quantitative estimate of drug-likeness (QED) is 0.354. The summed E-state index contributed by atoms with van der Waals surface area (Å²) in [4.78, 5) is 6.59. The molecule has 0 radical (unpaired) electrons. The van der Waals surface area contributed by atoms with Crippen molar-refractivity contribution in [3.8, 4) is 0 Å². The van der Waals surface area contributed by atoms with Gasteiger partial charge in [-0.1, -0.05) is 18.2 Å². The number of halogens is 1. The molecule has 1 aliphatic rings. The van der Waals surface area contributed by atoms with E-state index < -0.39 is 24.4 Å². The molecule has 0 unspecified atom stereocenters.